The highest BCUT2D eigenvalue weighted by Gasteiger charge is 2.42. The second kappa shape index (κ2) is 12.1. The van der Waals surface area contributed by atoms with E-state index in [1.165, 1.54) is 0 Å². The Morgan fingerprint density at radius 1 is 0.825 bits per heavy atom. The summed E-state index contributed by atoms with van der Waals surface area (Å²) in [5.41, 5.74) is 0.794. The molecule has 3 rings (SSSR count). The second-order valence-electron chi connectivity index (χ2n) is 12.6. The molecule has 40 heavy (non-hydrogen) atoms. The Morgan fingerprint density at radius 3 is 2.05 bits per heavy atom. The number of nitrogens with zero attached hydrogens (tertiary/aromatic N) is 1. The van der Waals surface area contributed by atoms with E-state index < -0.39 is 29.3 Å². The number of hydrogen-bond donors (Lipinski definition) is 2. The van der Waals surface area contributed by atoms with Crippen LogP contribution >= 0.6 is 0 Å². The number of aryl methyl sites for hydroxylation is 1. The SMILES string of the molecule is Cc1cccc(C(C(=O)Nc2ccc3ccccc3c2)N(C(=O)C(NC(=O)OC(C)(C)C)C(C)C)C(C)(C)C)c1. The van der Waals surface area contributed by atoms with Crippen LogP contribution in [0.5, 0.6) is 0 Å². The summed E-state index contributed by atoms with van der Waals surface area (Å²) in [4.78, 5) is 42.8. The van der Waals surface area contributed by atoms with Gasteiger partial charge in [0.1, 0.15) is 17.7 Å². The van der Waals surface area contributed by atoms with Crippen molar-refractivity contribution < 1.29 is 19.1 Å². The molecule has 0 aromatic heterocycles. The van der Waals surface area contributed by atoms with Gasteiger partial charge in [-0.15, -0.1) is 0 Å². The first kappa shape index (κ1) is 30.7. The largest absolute Gasteiger partial charge is 0.444 e. The number of hydrogen-bond acceptors (Lipinski definition) is 4. The maximum Gasteiger partial charge on any atom is 0.408 e. The third-order valence-corrected chi connectivity index (χ3v) is 6.45. The van der Waals surface area contributed by atoms with Crippen LogP contribution in [0, 0.1) is 12.8 Å². The van der Waals surface area contributed by atoms with Gasteiger partial charge in [-0.25, -0.2) is 4.79 Å². The zero-order valence-corrected chi connectivity index (χ0v) is 25.2. The minimum Gasteiger partial charge on any atom is -0.444 e. The van der Waals surface area contributed by atoms with Gasteiger partial charge in [-0.05, 0) is 82.9 Å². The number of alkyl carbamates (subject to hydrolysis) is 1. The lowest BCUT2D eigenvalue weighted by atomic mass is 9.92. The summed E-state index contributed by atoms with van der Waals surface area (Å²) in [6.45, 7) is 16.6. The molecule has 0 aliphatic rings. The normalized spacial score (nSPS) is 13.4. The number of nitrogens with one attached hydrogen (secondary N) is 2. The Bertz CT molecular complexity index is 1370. The highest BCUT2D eigenvalue weighted by atomic mass is 16.6. The molecule has 3 amide bonds. The number of fused-ring (bicyclic) bond motifs is 1. The molecule has 214 valence electrons. The van der Waals surface area contributed by atoms with Crippen molar-refractivity contribution in [3.05, 3.63) is 77.9 Å². The molecule has 0 radical (unpaired) electrons. The van der Waals surface area contributed by atoms with Gasteiger partial charge in [0.25, 0.3) is 5.91 Å². The Hall–Kier alpha value is -3.87. The molecule has 0 saturated carbocycles. The van der Waals surface area contributed by atoms with E-state index in [0.29, 0.717) is 11.3 Å². The molecule has 2 unspecified atom stereocenters. The molecule has 2 atom stereocenters. The second-order valence-corrected chi connectivity index (χ2v) is 12.6. The van der Waals surface area contributed by atoms with Crippen molar-refractivity contribution in [2.24, 2.45) is 5.92 Å². The maximum atomic E-state index is 14.3. The van der Waals surface area contributed by atoms with Crippen LogP contribution < -0.4 is 10.6 Å². The first-order valence-electron chi connectivity index (χ1n) is 13.8. The number of carbonyl (C=O) groups is 3. The highest BCUT2D eigenvalue weighted by Crippen LogP contribution is 2.32. The van der Waals surface area contributed by atoms with Crippen molar-refractivity contribution in [1.82, 2.24) is 10.2 Å². The fraction of sp³-hybridized carbons (Fsp3) is 0.424. The van der Waals surface area contributed by atoms with Gasteiger partial charge in [0, 0.05) is 11.2 Å². The van der Waals surface area contributed by atoms with Crippen LogP contribution in [0.15, 0.2) is 66.7 Å². The lowest BCUT2D eigenvalue weighted by molar-refractivity contribution is -0.147. The summed E-state index contributed by atoms with van der Waals surface area (Å²) in [5, 5.41) is 7.89. The van der Waals surface area contributed by atoms with E-state index in [1.807, 2.05) is 108 Å². The van der Waals surface area contributed by atoms with Crippen LogP contribution in [0.3, 0.4) is 0 Å². The molecule has 0 saturated heterocycles. The zero-order chi connectivity index (χ0) is 29.8. The number of rotatable bonds is 7. The van der Waals surface area contributed by atoms with Crippen molar-refractivity contribution in [2.45, 2.75) is 85.5 Å². The molecule has 7 nitrogen and oxygen atoms in total. The summed E-state index contributed by atoms with van der Waals surface area (Å²) in [7, 11) is 0. The van der Waals surface area contributed by atoms with Crippen LogP contribution in [0.25, 0.3) is 10.8 Å². The van der Waals surface area contributed by atoms with Gasteiger partial charge < -0.3 is 20.3 Å². The van der Waals surface area contributed by atoms with Gasteiger partial charge in [0.05, 0.1) is 0 Å². The van der Waals surface area contributed by atoms with Crippen molar-refractivity contribution in [3.63, 3.8) is 0 Å². The van der Waals surface area contributed by atoms with Gasteiger partial charge >= 0.3 is 6.09 Å². The summed E-state index contributed by atoms with van der Waals surface area (Å²) >= 11 is 0. The van der Waals surface area contributed by atoms with E-state index in [4.69, 9.17) is 4.74 Å². The summed E-state index contributed by atoms with van der Waals surface area (Å²) in [5.74, 6) is -0.968. The average molecular weight is 546 g/mol. The maximum absolute atomic E-state index is 14.3. The first-order valence-corrected chi connectivity index (χ1v) is 13.8. The molecule has 0 aliphatic heterocycles. The van der Waals surface area contributed by atoms with Gasteiger partial charge in [-0.2, -0.15) is 0 Å². The minimum atomic E-state index is -0.958. The summed E-state index contributed by atoms with van der Waals surface area (Å²) in [6, 6.07) is 19.4. The number of carbonyl (C=O) groups excluding carboxylic acids is 3. The predicted molar refractivity (Wildman–Crippen MR) is 161 cm³/mol. The lowest BCUT2D eigenvalue weighted by Gasteiger charge is -2.43. The van der Waals surface area contributed by atoms with Crippen molar-refractivity contribution >= 4 is 34.4 Å². The molecule has 0 aliphatic carbocycles. The summed E-state index contributed by atoms with van der Waals surface area (Å²) < 4.78 is 5.46. The quantitative estimate of drug-likeness (QED) is 0.334. The topological polar surface area (TPSA) is 87.7 Å². The van der Waals surface area contributed by atoms with Gasteiger partial charge in [0.15, 0.2) is 0 Å². The number of amides is 3. The Labute approximate surface area is 238 Å². The van der Waals surface area contributed by atoms with Crippen molar-refractivity contribution in [2.75, 3.05) is 5.32 Å². The van der Waals surface area contributed by atoms with Gasteiger partial charge in [0.2, 0.25) is 5.91 Å². The summed E-state index contributed by atoms with van der Waals surface area (Å²) in [6.07, 6.45) is -0.680. The zero-order valence-electron chi connectivity index (χ0n) is 25.2. The number of anilines is 1. The van der Waals surface area contributed by atoms with Crippen LogP contribution in [0.2, 0.25) is 0 Å². The monoisotopic (exact) mass is 545 g/mol. The van der Waals surface area contributed by atoms with E-state index in [2.05, 4.69) is 10.6 Å². The smallest absolute Gasteiger partial charge is 0.408 e. The van der Waals surface area contributed by atoms with Crippen molar-refractivity contribution in [3.8, 4) is 0 Å². The third-order valence-electron chi connectivity index (χ3n) is 6.45. The Kier molecular flexibility index (Phi) is 9.28. The van der Waals surface area contributed by atoms with Crippen LogP contribution in [-0.4, -0.2) is 40.0 Å². The molecular formula is C33H43N3O4. The average Bonchev–Trinajstić information content (AvgIpc) is 2.83. The Morgan fingerprint density at radius 2 is 1.48 bits per heavy atom. The van der Waals surface area contributed by atoms with Gasteiger partial charge in [-0.3, -0.25) is 9.59 Å². The third kappa shape index (κ3) is 7.84. The molecule has 0 spiro atoms. The molecule has 0 heterocycles. The van der Waals surface area contributed by atoms with E-state index in [0.717, 1.165) is 16.3 Å². The molecule has 0 fully saturated rings. The van der Waals surface area contributed by atoms with Crippen LogP contribution in [-0.2, 0) is 14.3 Å². The van der Waals surface area contributed by atoms with Crippen LogP contribution in [0.1, 0.15) is 72.6 Å². The predicted octanol–water partition coefficient (Wildman–Crippen LogP) is 7.00. The van der Waals surface area contributed by atoms with E-state index in [1.54, 1.807) is 25.7 Å². The lowest BCUT2D eigenvalue weighted by Crippen LogP contribution is -2.59. The standard InChI is InChI=1S/C33H43N3O4/c1-21(2)27(35-31(39)40-33(7,8)9)30(38)36(32(4,5)6)28(25-16-12-13-22(3)19-25)29(37)34-26-18-17-23-14-10-11-15-24(23)20-26/h10-21,27-28H,1-9H3,(H,34,37)(H,35,39). The highest BCUT2D eigenvalue weighted by molar-refractivity contribution is 6.00. The fourth-order valence-corrected chi connectivity index (χ4v) is 4.68. The molecule has 3 aromatic carbocycles. The first-order chi connectivity index (χ1) is 18.6. The van der Waals surface area contributed by atoms with E-state index in [-0.39, 0.29) is 17.7 Å². The molecular weight excluding hydrogens is 502 g/mol. The molecule has 7 heteroatoms. The fourth-order valence-electron chi connectivity index (χ4n) is 4.68. The van der Waals surface area contributed by atoms with Gasteiger partial charge in [-0.1, -0.05) is 74.0 Å². The van der Waals surface area contributed by atoms with Crippen LogP contribution in [0.4, 0.5) is 10.5 Å². The molecule has 3 aromatic rings. The Balaban J connectivity index is 2.06. The number of benzene rings is 3. The minimum absolute atomic E-state index is 0.258. The van der Waals surface area contributed by atoms with Crippen molar-refractivity contribution in [1.29, 1.82) is 0 Å². The molecule has 0 bridgehead atoms. The number of ether oxygens (including phenoxy) is 1. The van der Waals surface area contributed by atoms with E-state index in [9.17, 15) is 14.4 Å². The van der Waals surface area contributed by atoms with E-state index >= 15 is 0 Å². The molecule has 2 N–H and O–H groups in total.